The lowest BCUT2D eigenvalue weighted by Gasteiger charge is -2.24. The second-order valence-corrected chi connectivity index (χ2v) is 25.9. The molecule has 9 aromatic rings. The van der Waals surface area contributed by atoms with Gasteiger partial charge in [-0.2, -0.15) is 0 Å². The van der Waals surface area contributed by atoms with E-state index in [1.54, 1.807) is 72.8 Å². The zero-order valence-corrected chi connectivity index (χ0v) is 60.8. The third kappa shape index (κ3) is 28.1. The first-order valence-electron chi connectivity index (χ1n) is 36.3. The highest BCUT2D eigenvalue weighted by Crippen LogP contribution is 2.23. The molecular formula is C86H88F2N8O14. The minimum atomic E-state index is -1.14. The van der Waals surface area contributed by atoms with E-state index in [-0.39, 0.29) is 102 Å². The predicted molar refractivity (Wildman–Crippen MR) is 409 cm³/mol. The lowest BCUT2D eigenvalue weighted by atomic mass is 10.0. The van der Waals surface area contributed by atoms with Crippen molar-refractivity contribution in [2.45, 2.75) is 89.9 Å². The van der Waals surface area contributed by atoms with Gasteiger partial charge in [0, 0.05) is 37.3 Å². The molecule has 0 radical (unpaired) electrons. The van der Waals surface area contributed by atoms with Gasteiger partial charge >= 0.3 is 24.1 Å². The van der Waals surface area contributed by atoms with Crippen LogP contribution in [0.5, 0.6) is 0 Å². The van der Waals surface area contributed by atoms with Crippen LogP contribution in [0.3, 0.4) is 0 Å². The van der Waals surface area contributed by atoms with Gasteiger partial charge in [0.25, 0.3) is 11.8 Å². The zero-order chi connectivity index (χ0) is 77.7. The number of rotatable bonds is 40. The molecule has 0 bridgehead atoms. The molecule has 0 aromatic heterocycles. The summed E-state index contributed by atoms with van der Waals surface area (Å²) in [6.45, 7) is -2.65. The van der Waals surface area contributed by atoms with Crippen molar-refractivity contribution in [3.63, 3.8) is 0 Å². The molecule has 9 aromatic carbocycles. The largest absolute Gasteiger partial charge is 0.459 e. The fourth-order valence-electron chi connectivity index (χ4n) is 11.5. The van der Waals surface area contributed by atoms with Gasteiger partial charge in [0.15, 0.2) is 0 Å². The van der Waals surface area contributed by atoms with E-state index in [0.717, 1.165) is 43.2 Å². The van der Waals surface area contributed by atoms with Crippen molar-refractivity contribution in [1.29, 1.82) is 0 Å². The summed E-state index contributed by atoms with van der Waals surface area (Å²) in [6.07, 6.45) is 0.178. The molecule has 9 rings (SSSR count). The standard InChI is InChI=1S/C86H88F2N8O14/c87-73-42-34-61(35-43-73)46-50-91-79(99)55-95(53-77(97)89-48-15-13-28-75(93-85(105)109-59-63-18-5-1-6-19-63)83(103)107-57-65-30-38-69(39-31-65)67-22-9-3-10-23-67)81(101)71-26-17-27-72(52-71)82(102)96(56-80(100)92-51-47-62-36-44-74(88)45-37-62)54-78(98)90-49-16-14-29-76(94-86(106)110-60-64-20-7-2-8-21-64)84(104)108-58-66-32-40-70(41-33-66)68-24-11-4-12-25-68/h1-12,17-27,30-45,52,75-76H,13-16,28-29,46-51,53-60H2,(H,89,97)(H,90,98)(H,91,99)(H,92,100)(H,93,105)(H,94,106)/t75-,76-/m0/s1. The van der Waals surface area contributed by atoms with Gasteiger partial charge in [-0.1, -0.05) is 200 Å². The smallest absolute Gasteiger partial charge is 0.408 e. The van der Waals surface area contributed by atoms with E-state index in [1.807, 2.05) is 121 Å². The molecule has 0 fully saturated rings. The monoisotopic (exact) mass is 1490 g/mol. The summed E-state index contributed by atoms with van der Waals surface area (Å²) < 4.78 is 49.7. The third-order valence-corrected chi connectivity index (χ3v) is 17.5. The first kappa shape index (κ1) is 81.2. The number of benzene rings is 9. The molecule has 0 aliphatic carbocycles. The van der Waals surface area contributed by atoms with Crippen LogP contribution >= 0.6 is 0 Å². The van der Waals surface area contributed by atoms with Gasteiger partial charge in [0.2, 0.25) is 23.6 Å². The maximum Gasteiger partial charge on any atom is 0.408 e. The average Bonchev–Trinajstić information content (AvgIpc) is 0.720. The second kappa shape index (κ2) is 43.7. The van der Waals surface area contributed by atoms with E-state index in [9.17, 15) is 56.7 Å². The fourth-order valence-corrected chi connectivity index (χ4v) is 11.5. The maximum atomic E-state index is 14.7. The molecule has 0 aliphatic rings. The van der Waals surface area contributed by atoms with Crippen molar-refractivity contribution in [1.82, 2.24) is 41.7 Å². The summed E-state index contributed by atoms with van der Waals surface area (Å²) in [5.41, 5.74) is 8.00. The fraction of sp³-hybridized carbons (Fsp3) is 0.256. The normalized spacial score (nSPS) is 11.3. The molecule has 22 nitrogen and oxygen atoms in total. The summed E-state index contributed by atoms with van der Waals surface area (Å²) >= 11 is 0. The molecular weight excluding hydrogens is 1410 g/mol. The number of hydrogen-bond donors (Lipinski definition) is 6. The lowest BCUT2D eigenvalue weighted by Crippen LogP contribution is -2.47. The Hall–Kier alpha value is -12.9. The van der Waals surface area contributed by atoms with Crippen LogP contribution < -0.4 is 31.9 Å². The number of unbranched alkanes of at least 4 members (excludes halogenated alkanes) is 2. The zero-order valence-electron chi connectivity index (χ0n) is 60.8. The van der Waals surface area contributed by atoms with Gasteiger partial charge in [0.05, 0.1) is 0 Å². The van der Waals surface area contributed by atoms with E-state index >= 15 is 0 Å². The lowest BCUT2D eigenvalue weighted by molar-refractivity contribution is -0.148. The van der Waals surface area contributed by atoms with E-state index in [4.69, 9.17) is 18.9 Å². The van der Waals surface area contributed by atoms with Crippen molar-refractivity contribution in [2.75, 3.05) is 52.4 Å². The van der Waals surface area contributed by atoms with Crippen LogP contribution in [0.2, 0.25) is 0 Å². The second-order valence-electron chi connectivity index (χ2n) is 25.9. The van der Waals surface area contributed by atoms with Crippen molar-refractivity contribution in [2.24, 2.45) is 0 Å². The van der Waals surface area contributed by atoms with Gasteiger partial charge < -0.3 is 60.6 Å². The molecule has 570 valence electrons. The summed E-state index contributed by atoms with van der Waals surface area (Å²) in [6, 6.07) is 66.9. The summed E-state index contributed by atoms with van der Waals surface area (Å²) in [4.78, 5) is 140. The van der Waals surface area contributed by atoms with Gasteiger partial charge in [-0.3, -0.25) is 28.8 Å². The quantitative estimate of drug-likeness (QED) is 0.0118. The predicted octanol–water partition coefficient (Wildman–Crippen LogP) is 11.6. The van der Waals surface area contributed by atoms with Crippen LogP contribution in [0, 0.1) is 11.6 Å². The molecule has 0 saturated heterocycles. The summed E-state index contributed by atoms with van der Waals surface area (Å²) in [5, 5.41) is 16.2. The Morgan fingerprint density at radius 3 is 0.964 bits per heavy atom. The van der Waals surface area contributed by atoms with Crippen LogP contribution in [-0.2, 0) is 87.0 Å². The minimum absolute atomic E-state index is 0.0288. The molecule has 0 aliphatic heterocycles. The van der Waals surface area contributed by atoms with Crippen molar-refractivity contribution >= 4 is 59.6 Å². The molecule has 110 heavy (non-hydrogen) atoms. The van der Waals surface area contributed by atoms with E-state index < -0.39 is 109 Å². The Bertz CT molecular complexity index is 4190. The van der Waals surface area contributed by atoms with Crippen molar-refractivity contribution in [3.8, 4) is 22.3 Å². The number of amides is 8. The third-order valence-electron chi connectivity index (χ3n) is 17.5. The highest BCUT2D eigenvalue weighted by Gasteiger charge is 2.28. The van der Waals surface area contributed by atoms with Crippen LogP contribution in [-0.4, -0.2) is 134 Å². The Morgan fingerprint density at radius 2 is 0.609 bits per heavy atom. The van der Waals surface area contributed by atoms with E-state index in [0.29, 0.717) is 35.1 Å². The first-order chi connectivity index (χ1) is 53.5. The summed E-state index contributed by atoms with van der Waals surface area (Å²) in [5.74, 6) is -6.69. The molecule has 6 N–H and O–H groups in total. The molecule has 24 heteroatoms. The van der Waals surface area contributed by atoms with Gasteiger partial charge in [0.1, 0.15) is 76.3 Å². The van der Waals surface area contributed by atoms with Crippen LogP contribution in [0.1, 0.15) is 92.6 Å². The van der Waals surface area contributed by atoms with Gasteiger partial charge in [-0.15, -0.1) is 0 Å². The molecule has 2 atom stereocenters. The van der Waals surface area contributed by atoms with Gasteiger partial charge in [-0.25, -0.2) is 28.0 Å². The molecule has 8 amide bonds. The number of hydrogen-bond acceptors (Lipinski definition) is 14. The Morgan fingerprint density at radius 1 is 0.309 bits per heavy atom. The number of ether oxygens (including phenoxy) is 4. The SMILES string of the molecule is O=C(CN(CC(=O)NCCc1ccc(F)cc1)C(=O)c1cccc(C(=O)N(CC(=O)NCCCC[C@H](NC(=O)OCc2ccccc2)C(=O)OCc2ccc(-c3ccccc3)cc2)CC(=O)NCCc2ccc(F)cc2)c1)NCCCC[C@H](NC(=O)OCc1ccccc1)C(=O)OCc1ccc(-c2ccccc2)cc1. The highest BCUT2D eigenvalue weighted by molar-refractivity contribution is 6.03. The number of alkyl carbamates (subject to hydrolysis) is 2. The van der Waals surface area contributed by atoms with Crippen molar-refractivity contribution < 1.29 is 75.7 Å². The number of carbonyl (C=O) groups is 10. The number of nitrogens with zero attached hydrogens (tertiary/aromatic N) is 2. The van der Waals surface area contributed by atoms with E-state index in [1.165, 1.54) is 48.5 Å². The van der Waals surface area contributed by atoms with Crippen LogP contribution in [0.15, 0.2) is 243 Å². The molecule has 0 heterocycles. The Kier molecular flexibility index (Phi) is 32.3. The maximum absolute atomic E-state index is 14.7. The highest BCUT2D eigenvalue weighted by atomic mass is 19.1. The molecule has 0 saturated carbocycles. The first-order valence-corrected chi connectivity index (χ1v) is 36.3. The van der Waals surface area contributed by atoms with Crippen LogP contribution in [0.25, 0.3) is 22.3 Å². The minimum Gasteiger partial charge on any atom is -0.459 e. The van der Waals surface area contributed by atoms with Crippen LogP contribution in [0.4, 0.5) is 18.4 Å². The topological polar surface area (TPSA) is 286 Å². The van der Waals surface area contributed by atoms with Gasteiger partial charge in [-0.05, 0) is 149 Å². The number of carbonyl (C=O) groups excluding carboxylic acids is 10. The number of nitrogens with one attached hydrogen (secondary N) is 6. The number of halogens is 2. The molecule has 0 spiro atoms. The average molecular weight is 1500 g/mol. The number of esters is 2. The summed E-state index contributed by atoms with van der Waals surface area (Å²) in [7, 11) is 0. The van der Waals surface area contributed by atoms with E-state index in [2.05, 4.69) is 31.9 Å². The Balaban J connectivity index is 0.830. The molecule has 0 unspecified atom stereocenters. The van der Waals surface area contributed by atoms with Crippen molar-refractivity contribution in [3.05, 3.63) is 299 Å². The Labute approximate surface area is 637 Å².